The number of amides is 1. The summed E-state index contributed by atoms with van der Waals surface area (Å²) in [6, 6.07) is 14.1. The van der Waals surface area contributed by atoms with Crippen molar-refractivity contribution in [3.63, 3.8) is 0 Å². The van der Waals surface area contributed by atoms with Crippen LogP contribution in [0.2, 0.25) is 0 Å². The molecule has 1 heterocycles. The third-order valence-electron chi connectivity index (χ3n) is 4.24. The van der Waals surface area contributed by atoms with Crippen LogP contribution in [-0.2, 0) is 16.0 Å². The smallest absolute Gasteiger partial charge is 0.307 e. The number of nitrogens with zero attached hydrogens (tertiary/aromatic N) is 1. The van der Waals surface area contributed by atoms with Crippen LogP contribution in [0.4, 0.5) is 5.69 Å². The second-order valence-corrected chi connectivity index (χ2v) is 6.10. The first-order valence-electron chi connectivity index (χ1n) is 8.70. The first kappa shape index (κ1) is 18.7. The number of carboxylic acids is 1. The van der Waals surface area contributed by atoms with Crippen LogP contribution in [0.3, 0.4) is 0 Å². The minimum atomic E-state index is -0.937. The summed E-state index contributed by atoms with van der Waals surface area (Å²) in [6.45, 7) is 0.242. The normalized spacial score (nSPS) is 15.8. The molecule has 142 valence electrons. The minimum Gasteiger partial charge on any atom is -0.493 e. The van der Waals surface area contributed by atoms with Crippen molar-refractivity contribution in [2.45, 2.75) is 18.9 Å². The number of hydrogen-bond donors (Lipinski definition) is 2. The number of ether oxygens (including phenoxy) is 2. The largest absolute Gasteiger partial charge is 0.493 e. The van der Waals surface area contributed by atoms with Gasteiger partial charge in [0.1, 0.15) is 11.5 Å². The van der Waals surface area contributed by atoms with Crippen LogP contribution in [0, 0.1) is 0 Å². The summed E-state index contributed by atoms with van der Waals surface area (Å²) in [5.74, 6) is -0.101. The zero-order valence-electron chi connectivity index (χ0n) is 14.7. The summed E-state index contributed by atoms with van der Waals surface area (Å²) in [6.07, 6.45) is -0.554. The Morgan fingerprint density at radius 1 is 1.15 bits per heavy atom. The first-order valence-corrected chi connectivity index (χ1v) is 8.70. The Labute approximate surface area is 156 Å². The van der Waals surface area contributed by atoms with E-state index < -0.39 is 12.1 Å². The molecule has 2 N–H and O–H groups in total. The van der Waals surface area contributed by atoms with E-state index in [0.717, 1.165) is 0 Å². The molecule has 1 amide bonds. The monoisotopic (exact) mass is 371 g/mol. The Kier molecular flexibility index (Phi) is 5.93. The van der Waals surface area contributed by atoms with Crippen LogP contribution in [0.25, 0.3) is 0 Å². The second kappa shape index (κ2) is 8.55. The lowest BCUT2D eigenvalue weighted by molar-refractivity contribution is -0.136. The number of carbonyl (C=O) groups excluding carboxylic acids is 1. The van der Waals surface area contributed by atoms with Gasteiger partial charge >= 0.3 is 5.97 Å². The summed E-state index contributed by atoms with van der Waals surface area (Å²) < 4.78 is 11.5. The number of hydrogen-bond acceptors (Lipinski definition) is 5. The fourth-order valence-electron chi connectivity index (χ4n) is 3.02. The van der Waals surface area contributed by atoms with E-state index in [-0.39, 0.29) is 32.1 Å². The fraction of sp³-hybridized carbons (Fsp3) is 0.300. The van der Waals surface area contributed by atoms with Gasteiger partial charge in [-0.25, -0.2) is 0 Å². The fourth-order valence-corrected chi connectivity index (χ4v) is 3.02. The molecule has 7 heteroatoms. The molecule has 2 aromatic carbocycles. The number of benzene rings is 2. The molecule has 1 unspecified atom stereocenters. The lowest BCUT2D eigenvalue weighted by Gasteiger charge is -2.34. The number of para-hydroxylation sites is 3. The first-order chi connectivity index (χ1) is 13.1. The number of anilines is 1. The Morgan fingerprint density at radius 2 is 1.89 bits per heavy atom. The van der Waals surface area contributed by atoms with Crippen LogP contribution >= 0.6 is 0 Å². The van der Waals surface area contributed by atoms with Crippen LogP contribution in [0.15, 0.2) is 48.5 Å². The Balaban J connectivity index is 1.67. The van der Waals surface area contributed by atoms with Crippen molar-refractivity contribution in [1.82, 2.24) is 0 Å². The molecule has 0 bridgehead atoms. The molecule has 7 nitrogen and oxygen atoms in total. The minimum absolute atomic E-state index is 0.132. The Bertz CT molecular complexity index is 822. The Hall–Kier alpha value is -3.06. The Morgan fingerprint density at radius 3 is 2.67 bits per heavy atom. The van der Waals surface area contributed by atoms with Crippen LogP contribution in [0.5, 0.6) is 11.5 Å². The number of carboxylic acid groups (broad SMARTS) is 1. The highest BCUT2D eigenvalue weighted by Crippen LogP contribution is 2.34. The molecule has 1 aliphatic rings. The number of aliphatic hydroxyl groups is 1. The maximum atomic E-state index is 12.7. The van der Waals surface area contributed by atoms with Gasteiger partial charge in [0.05, 0.1) is 25.3 Å². The third kappa shape index (κ3) is 4.38. The number of fused-ring (bicyclic) bond motifs is 1. The summed E-state index contributed by atoms with van der Waals surface area (Å²) >= 11 is 0. The van der Waals surface area contributed by atoms with Gasteiger partial charge in [0.25, 0.3) is 5.91 Å². The van der Waals surface area contributed by atoms with Gasteiger partial charge in [0.2, 0.25) is 0 Å². The summed E-state index contributed by atoms with van der Waals surface area (Å²) in [5.41, 5.74) is 1.22. The van der Waals surface area contributed by atoms with Crippen LogP contribution in [0.1, 0.15) is 12.0 Å². The van der Waals surface area contributed by atoms with Crippen molar-refractivity contribution in [1.29, 1.82) is 0 Å². The van der Waals surface area contributed by atoms with Crippen molar-refractivity contribution in [2.24, 2.45) is 0 Å². The number of carbonyl (C=O) groups is 2. The van der Waals surface area contributed by atoms with Crippen LogP contribution < -0.4 is 14.4 Å². The number of rotatable bonds is 8. The van der Waals surface area contributed by atoms with Crippen molar-refractivity contribution < 1.29 is 29.3 Å². The predicted molar refractivity (Wildman–Crippen MR) is 98.2 cm³/mol. The average molecular weight is 371 g/mol. The molecule has 0 spiro atoms. The molecular formula is C20H21NO6. The van der Waals surface area contributed by atoms with Gasteiger partial charge in [-0.3, -0.25) is 9.59 Å². The van der Waals surface area contributed by atoms with Gasteiger partial charge in [-0.15, -0.1) is 0 Å². The van der Waals surface area contributed by atoms with E-state index in [1.807, 2.05) is 12.1 Å². The molecule has 0 saturated heterocycles. The molecule has 3 rings (SSSR count). The number of aliphatic hydroxyl groups excluding tert-OH is 1. The highest BCUT2D eigenvalue weighted by molar-refractivity contribution is 6.00. The van der Waals surface area contributed by atoms with Crippen molar-refractivity contribution in [3.8, 4) is 11.5 Å². The molecule has 0 fully saturated rings. The maximum Gasteiger partial charge on any atom is 0.307 e. The lowest BCUT2D eigenvalue weighted by Crippen LogP contribution is -2.47. The molecule has 1 aliphatic heterocycles. The SMILES string of the molecule is O=C(O)Cc1ccccc1OCCC1Oc2ccccc2N(CCO)C1=O. The third-order valence-corrected chi connectivity index (χ3v) is 4.24. The van der Waals surface area contributed by atoms with Crippen molar-refractivity contribution >= 4 is 17.6 Å². The molecule has 0 aromatic heterocycles. The van der Waals surface area contributed by atoms with E-state index in [4.69, 9.17) is 14.6 Å². The van der Waals surface area contributed by atoms with E-state index >= 15 is 0 Å². The van der Waals surface area contributed by atoms with E-state index in [0.29, 0.717) is 29.2 Å². The van der Waals surface area contributed by atoms with Crippen molar-refractivity contribution in [3.05, 3.63) is 54.1 Å². The van der Waals surface area contributed by atoms with Gasteiger partial charge in [0.15, 0.2) is 6.10 Å². The van der Waals surface area contributed by atoms with Gasteiger partial charge in [-0.05, 0) is 18.2 Å². The molecule has 1 atom stereocenters. The van der Waals surface area contributed by atoms with Gasteiger partial charge in [-0.1, -0.05) is 30.3 Å². The molecule has 2 aromatic rings. The summed E-state index contributed by atoms with van der Waals surface area (Å²) in [5, 5.41) is 18.2. The second-order valence-electron chi connectivity index (χ2n) is 6.10. The zero-order valence-corrected chi connectivity index (χ0v) is 14.7. The highest BCUT2D eigenvalue weighted by atomic mass is 16.5. The molecular weight excluding hydrogens is 350 g/mol. The highest BCUT2D eigenvalue weighted by Gasteiger charge is 2.33. The zero-order chi connectivity index (χ0) is 19.2. The van der Waals surface area contributed by atoms with E-state index in [1.54, 1.807) is 36.4 Å². The van der Waals surface area contributed by atoms with Gasteiger partial charge in [0, 0.05) is 18.5 Å². The van der Waals surface area contributed by atoms with Crippen molar-refractivity contribution in [2.75, 3.05) is 24.7 Å². The number of β-amino-alcohol motifs (C(OH)–C–C–N with tert-alkyl or cyclic N) is 1. The van der Waals surface area contributed by atoms with E-state index in [2.05, 4.69) is 0 Å². The molecule has 0 radical (unpaired) electrons. The molecule has 0 saturated carbocycles. The quantitative estimate of drug-likeness (QED) is 0.735. The standard InChI is InChI=1S/C20H21NO6/c22-11-10-21-15-6-2-4-8-17(15)27-18(20(21)25)9-12-26-16-7-3-1-5-14(16)13-19(23)24/h1-8,18,22H,9-13H2,(H,23,24). The predicted octanol–water partition coefficient (Wildman–Crippen LogP) is 1.87. The van der Waals surface area contributed by atoms with Gasteiger partial charge in [-0.2, -0.15) is 0 Å². The topological polar surface area (TPSA) is 96.3 Å². The summed E-state index contributed by atoms with van der Waals surface area (Å²) in [7, 11) is 0. The van der Waals surface area contributed by atoms with E-state index in [1.165, 1.54) is 4.90 Å². The lowest BCUT2D eigenvalue weighted by atomic mass is 10.1. The van der Waals surface area contributed by atoms with Crippen LogP contribution in [-0.4, -0.2) is 48.0 Å². The maximum absolute atomic E-state index is 12.7. The molecule has 0 aliphatic carbocycles. The molecule has 27 heavy (non-hydrogen) atoms. The summed E-state index contributed by atoms with van der Waals surface area (Å²) in [4.78, 5) is 25.2. The average Bonchev–Trinajstić information content (AvgIpc) is 2.66. The number of aliphatic carboxylic acids is 1. The van der Waals surface area contributed by atoms with Gasteiger partial charge < -0.3 is 24.6 Å². The van der Waals surface area contributed by atoms with E-state index in [9.17, 15) is 14.7 Å².